The van der Waals surface area contributed by atoms with Crippen molar-refractivity contribution in [2.45, 2.75) is 26.9 Å². The van der Waals surface area contributed by atoms with Crippen molar-refractivity contribution in [3.05, 3.63) is 81.0 Å². The third kappa shape index (κ3) is 3.00. The highest BCUT2D eigenvalue weighted by molar-refractivity contribution is 7.11. The van der Waals surface area contributed by atoms with Crippen molar-refractivity contribution in [1.29, 1.82) is 0 Å². The monoisotopic (exact) mass is 332 g/mol. The quantitative estimate of drug-likeness (QED) is 0.567. The summed E-state index contributed by atoms with van der Waals surface area (Å²) in [7, 11) is 0. The second kappa shape index (κ2) is 6.25. The summed E-state index contributed by atoms with van der Waals surface area (Å²) < 4.78 is 0. The third-order valence-corrected chi connectivity index (χ3v) is 5.44. The molecule has 2 nitrogen and oxygen atoms in total. The molecule has 24 heavy (non-hydrogen) atoms. The van der Waals surface area contributed by atoms with Crippen molar-refractivity contribution in [1.82, 2.24) is 0 Å². The van der Waals surface area contributed by atoms with Crippen LogP contribution in [-0.4, -0.2) is 6.21 Å². The molecule has 1 aliphatic heterocycles. The highest BCUT2D eigenvalue weighted by Gasteiger charge is 2.19. The molecule has 3 heteroatoms. The van der Waals surface area contributed by atoms with Gasteiger partial charge in [0, 0.05) is 29.9 Å². The van der Waals surface area contributed by atoms with E-state index in [1.165, 1.54) is 32.8 Å². The Balaban J connectivity index is 1.50. The van der Waals surface area contributed by atoms with Gasteiger partial charge in [0.2, 0.25) is 0 Å². The van der Waals surface area contributed by atoms with Crippen LogP contribution in [0.15, 0.2) is 58.9 Å². The summed E-state index contributed by atoms with van der Waals surface area (Å²) in [6, 6.07) is 17.3. The summed E-state index contributed by atoms with van der Waals surface area (Å²) in [6.45, 7) is 6.37. The molecular weight excluding hydrogens is 312 g/mol. The van der Waals surface area contributed by atoms with Crippen molar-refractivity contribution in [2.24, 2.45) is 4.99 Å². The van der Waals surface area contributed by atoms with Crippen LogP contribution in [0.3, 0.4) is 0 Å². The summed E-state index contributed by atoms with van der Waals surface area (Å²) in [4.78, 5) is 8.15. The van der Waals surface area contributed by atoms with E-state index in [0.29, 0.717) is 0 Å². The smallest absolute Gasteiger partial charge is 0.0631 e. The first-order valence-corrected chi connectivity index (χ1v) is 9.08. The second-order valence-electron chi connectivity index (χ2n) is 6.35. The van der Waals surface area contributed by atoms with Gasteiger partial charge in [0.05, 0.1) is 5.69 Å². The molecule has 1 aromatic heterocycles. The minimum Gasteiger partial charge on any atom is -0.363 e. The zero-order valence-corrected chi connectivity index (χ0v) is 14.8. The van der Waals surface area contributed by atoms with E-state index in [9.17, 15) is 0 Å². The largest absolute Gasteiger partial charge is 0.363 e. The maximum atomic E-state index is 4.55. The molecule has 120 valence electrons. The fourth-order valence-corrected chi connectivity index (χ4v) is 3.72. The molecule has 1 aliphatic rings. The number of anilines is 1. The molecule has 0 atom stereocenters. The number of nitrogens with zero attached hydrogens (tertiary/aromatic N) is 2. The van der Waals surface area contributed by atoms with Gasteiger partial charge < -0.3 is 4.90 Å². The minimum atomic E-state index is 0.994. The van der Waals surface area contributed by atoms with Crippen LogP contribution in [0.1, 0.15) is 27.1 Å². The van der Waals surface area contributed by atoms with Crippen molar-refractivity contribution < 1.29 is 0 Å². The van der Waals surface area contributed by atoms with Gasteiger partial charge in [0.25, 0.3) is 0 Å². The molecule has 4 rings (SSSR count). The van der Waals surface area contributed by atoms with E-state index in [4.69, 9.17) is 0 Å². The Morgan fingerprint density at radius 1 is 0.958 bits per heavy atom. The number of thiophene rings is 1. The third-order valence-electron chi connectivity index (χ3n) is 4.64. The molecule has 3 aromatic rings. The molecule has 0 aliphatic carbocycles. The molecular formula is C21H20N2S. The average Bonchev–Trinajstić information content (AvgIpc) is 3.23. The van der Waals surface area contributed by atoms with Gasteiger partial charge in [-0.2, -0.15) is 0 Å². The summed E-state index contributed by atoms with van der Waals surface area (Å²) in [5.74, 6) is 0. The van der Waals surface area contributed by atoms with Crippen molar-refractivity contribution in [2.75, 3.05) is 4.90 Å². The van der Waals surface area contributed by atoms with E-state index < -0.39 is 0 Å². The van der Waals surface area contributed by atoms with E-state index in [0.717, 1.165) is 18.8 Å². The van der Waals surface area contributed by atoms with E-state index in [1.807, 2.05) is 12.3 Å². The van der Waals surface area contributed by atoms with Crippen LogP contribution in [0.5, 0.6) is 0 Å². The number of rotatable bonds is 3. The lowest BCUT2D eigenvalue weighted by Gasteiger charge is -2.17. The molecule has 0 saturated carbocycles. The van der Waals surface area contributed by atoms with Crippen LogP contribution >= 0.6 is 11.3 Å². The molecule has 0 amide bonds. The average molecular weight is 332 g/mol. The van der Waals surface area contributed by atoms with Gasteiger partial charge in [-0.25, -0.2) is 0 Å². The summed E-state index contributed by atoms with van der Waals surface area (Å²) >= 11 is 1.70. The van der Waals surface area contributed by atoms with E-state index in [1.54, 1.807) is 11.3 Å². The summed E-state index contributed by atoms with van der Waals surface area (Å²) in [6.07, 6.45) is 1.93. The number of aliphatic imine (C=N–C) groups is 1. The van der Waals surface area contributed by atoms with Crippen LogP contribution in [0, 0.1) is 13.8 Å². The lowest BCUT2D eigenvalue weighted by molar-refractivity contribution is 0.880. The molecule has 0 bridgehead atoms. The van der Waals surface area contributed by atoms with Crippen molar-refractivity contribution >= 4 is 28.9 Å². The van der Waals surface area contributed by atoms with Gasteiger partial charge in [-0.15, -0.1) is 11.3 Å². The van der Waals surface area contributed by atoms with Gasteiger partial charge in [-0.1, -0.05) is 18.2 Å². The maximum absolute atomic E-state index is 4.55. The highest BCUT2D eigenvalue weighted by Crippen LogP contribution is 2.31. The van der Waals surface area contributed by atoms with Crippen LogP contribution in [0.25, 0.3) is 0 Å². The van der Waals surface area contributed by atoms with Gasteiger partial charge in [0.15, 0.2) is 0 Å². The fourth-order valence-electron chi connectivity index (χ4n) is 3.13. The summed E-state index contributed by atoms with van der Waals surface area (Å²) in [5.41, 5.74) is 7.94. The zero-order chi connectivity index (χ0) is 16.5. The fraction of sp³-hybridized carbons (Fsp3) is 0.190. The second-order valence-corrected chi connectivity index (χ2v) is 7.33. The lowest BCUT2D eigenvalue weighted by atomic mass is 10.0. The normalized spacial score (nSPS) is 13.7. The van der Waals surface area contributed by atoms with E-state index >= 15 is 0 Å². The van der Waals surface area contributed by atoms with Crippen LogP contribution in [0.2, 0.25) is 0 Å². The highest BCUT2D eigenvalue weighted by atomic mass is 32.1. The molecule has 0 N–H and O–H groups in total. The van der Waals surface area contributed by atoms with Crippen LogP contribution in [0.4, 0.5) is 11.4 Å². The first-order valence-electron chi connectivity index (χ1n) is 8.20. The number of hydrogen-bond acceptors (Lipinski definition) is 3. The van der Waals surface area contributed by atoms with Gasteiger partial charge >= 0.3 is 0 Å². The molecule has 2 aromatic carbocycles. The minimum absolute atomic E-state index is 0.994. The van der Waals surface area contributed by atoms with Crippen LogP contribution < -0.4 is 4.90 Å². The van der Waals surface area contributed by atoms with Gasteiger partial charge in [-0.3, -0.25) is 4.99 Å². The lowest BCUT2D eigenvalue weighted by Crippen LogP contribution is -2.13. The Bertz CT molecular complexity index is 846. The topological polar surface area (TPSA) is 15.6 Å². The Hall–Kier alpha value is -2.39. The summed E-state index contributed by atoms with van der Waals surface area (Å²) in [5, 5.41) is 2.07. The van der Waals surface area contributed by atoms with E-state index in [-0.39, 0.29) is 0 Å². The number of hydrogen-bond donors (Lipinski definition) is 0. The molecule has 0 saturated heterocycles. The Labute approximate surface area is 147 Å². The Kier molecular flexibility index (Phi) is 3.95. The first kappa shape index (κ1) is 15.2. The predicted molar refractivity (Wildman–Crippen MR) is 104 cm³/mol. The molecule has 2 heterocycles. The van der Waals surface area contributed by atoms with Crippen LogP contribution in [-0.2, 0) is 13.1 Å². The Morgan fingerprint density at radius 3 is 2.21 bits per heavy atom. The van der Waals surface area contributed by atoms with Crippen molar-refractivity contribution in [3.63, 3.8) is 0 Å². The van der Waals surface area contributed by atoms with Crippen molar-refractivity contribution in [3.8, 4) is 0 Å². The number of aryl methyl sites for hydroxylation is 2. The molecule has 0 unspecified atom stereocenters. The first-order chi connectivity index (χ1) is 11.7. The van der Waals surface area contributed by atoms with E-state index in [2.05, 4.69) is 71.6 Å². The Morgan fingerprint density at radius 2 is 1.62 bits per heavy atom. The van der Waals surface area contributed by atoms with Gasteiger partial charge in [0.1, 0.15) is 0 Å². The maximum Gasteiger partial charge on any atom is 0.0631 e. The number of benzene rings is 2. The molecule has 0 fully saturated rings. The predicted octanol–water partition coefficient (Wildman–Crippen LogP) is 5.64. The van der Waals surface area contributed by atoms with Gasteiger partial charge in [-0.05, 0) is 71.8 Å². The SMILES string of the molecule is Cc1cc2c(cc1C)CN(c1ccc(N=Cc3cccs3)cc1)C2. The molecule has 0 radical (unpaired) electrons. The zero-order valence-electron chi connectivity index (χ0n) is 14.0. The number of fused-ring (bicyclic) bond motifs is 1. The standard InChI is InChI=1S/C21H20N2S/c1-15-10-17-13-23(14-18(17)11-16(15)2)20-7-5-19(6-8-20)22-12-21-4-3-9-24-21/h3-12H,13-14H2,1-2H3. The molecule has 0 spiro atoms.